The summed E-state index contributed by atoms with van der Waals surface area (Å²) < 4.78 is 0. The fourth-order valence-corrected chi connectivity index (χ4v) is 3.69. The molecule has 0 radical (unpaired) electrons. The molecule has 4 heteroatoms. The Kier molecular flexibility index (Phi) is 4.94. The van der Waals surface area contributed by atoms with Crippen molar-refractivity contribution in [2.75, 3.05) is 29.4 Å². The lowest BCUT2D eigenvalue weighted by molar-refractivity contribution is 0.446. The van der Waals surface area contributed by atoms with Gasteiger partial charge < -0.3 is 9.80 Å². The summed E-state index contributed by atoms with van der Waals surface area (Å²) in [5.74, 6) is 2.26. The summed E-state index contributed by atoms with van der Waals surface area (Å²) >= 11 is 0. The van der Waals surface area contributed by atoms with Crippen LogP contribution in [0.3, 0.4) is 0 Å². The molecule has 1 aromatic heterocycles. The van der Waals surface area contributed by atoms with Crippen molar-refractivity contribution in [3.05, 3.63) is 12.4 Å². The van der Waals surface area contributed by atoms with Crippen molar-refractivity contribution in [1.82, 2.24) is 9.97 Å². The number of aromatic nitrogens is 2. The van der Waals surface area contributed by atoms with Crippen LogP contribution in [0.5, 0.6) is 0 Å². The number of piperidine rings is 1. The van der Waals surface area contributed by atoms with Gasteiger partial charge in [-0.3, -0.25) is 0 Å². The van der Waals surface area contributed by atoms with E-state index in [0.717, 1.165) is 31.3 Å². The van der Waals surface area contributed by atoms with E-state index in [1.54, 1.807) is 6.33 Å². The SMILES string of the molecule is CCC1CCCCN1c1cc(N2CCCCCC2)ncn1. The molecule has 0 aromatic carbocycles. The fraction of sp³-hybridized carbons (Fsp3) is 0.765. The second-order valence-electron chi connectivity index (χ2n) is 6.39. The maximum Gasteiger partial charge on any atom is 0.134 e. The second-order valence-corrected chi connectivity index (χ2v) is 6.39. The number of nitrogens with zero attached hydrogens (tertiary/aromatic N) is 4. The predicted molar refractivity (Wildman–Crippen MR) is 88.0 cm³/mol. The molecule has 0 bridgehead atoms. The van der Waals surface area contributed by atoms with Crippen LogP contribution in [-0.2, 0) is 0 Å². The molecular weight excluding hydrogens is 260 g/mol. The molecule has 0 aliphatic carbocycles. The molecule has 1 atom stereocenters. The molecule has 21 heavy (non-hydrogen) atoms. The number of hydrogen-bond acceptors (Lipinski definition) is 4. The summed E-state index contributed by atoms with van der Waals surface area (Å²) in [5.41, 5.74) is 0. The average Bonchev–Trinajstić information content (AvgIpc) is 2.84. The van der Waals surface area contributed by atoms with E-state index in [4.69, 9.17) is 0 Å². The van der Waals surface area contributed by atoms with Gasteiger partial charge in [-0.25, -0.2) is 9.97 Å². The van der Waals surface area contributed by atoms with Gasteiger partial charge in [0.05, 0.1) is 0 Å². The van der Waals surface area contributed by atoms with Crippen LogP contribution < -0.4 is 9.80 Å². The monoisotopic (exact) mass is 288 g/mol. The summed E-state index contributed by atoms with van der Waals surface area (Å²) in [6, 6.07) is 2.88. The molecule has 1 aromatic rings. The average molecular weight is 288 g/mol. The van der Waals surface area contributed by atoms with Crippen molar-refractivity contribution in [3.8, 4) is 0 Å². The van der Waals surface area contributed by atoms with Gasteiger partial charge >= 0.3 is 0 Å². The predicted octanol–water partition coefficient (Wildman–Crippen LogP) is 3.63. The van der Waals surface area contributed by atoms with Crippen molar-refractivity contribution in [2.45, 2.75) is 64.3 Å². The van der Waals surface area contributed by atoms with Gasteiger partial charge in [-0.15, -0.1) is 0 Å². The van der Waals surface area contributed by atoms with Crippen molar-refractivity contribution in [2.24, 2.45) is 0 Å². The van der Waals surface area contributed by atoms with Crippen LogP contribution in [-0.4, -0.2) is 35.6 Å². The van der Waals surface area contributed by atoms with Crippen LogP contribution in [0.2, 0.25) is 0 Å². The third-order valence-electron chi connectivity index (χ3n) is 4.96. The molecule has 1 unspecified atom stereocenters. The zero-order valence-corrected chi connectivity index (χ0v) is 13.3. The molecule has 2 saturated heterocycles. The minimum atomic E-state index is 0.658. The zero-order valence-electron chi connectivity index (χ0n) is 13.3. The van der Waals surface area contributed by atoms with Gasteiger partial charge in [0.25, 0.3) is 0 Å². The second kappa shape index (κ2) is 7.10. The first-order valence-corrected chi connectivity index (χ1v) is 8.72. The molecule has 2 fully saturated rings. The summed E-state index contributed by atoms with van der Waals surface area (Å²) in [5, 5.41) is 0. The molecule has 2 aliphatic heterocycles. The van der Waals surface area contributed by atoms with E-state index in [1.165, 1.54) is 51.4 Å². The van der Waals surface area contributed by atoms with Crippen LogP contribution in [0, 0.1) is 0 Å². The van der Waals surface area contributed by atoms with Crippen molar-refractivity contribution in [3.63, 3.8) is 0 Å². The van der Waals surface area contributed by atoms with Crippen LogP contribution in [0.15, 0.2) is 12.4 Å². The standard InChI is InChI=1S/C17H28N4/c1-2-15-9-5-8-12-21(15)17-13-16(18-14-19-17)20-10-6-3-4-7-11-20/h13-15H,2-12H2,1H3. The largest absolute Gasteiger partial charge is 0.356 e. The molecular formula is C17H28N4. The molecule has 0 spiro atoms. The lowest BCUT2D eigenvalue weighted by Crippen LogP contribution is -2.39. The van der Waals surface area contributed by atoms with E-state index >= 15 is 0 Å². The molecule has 3 rings (SSSR count). The van der Waals surface area contributed by atoms with Gasteiger partial charge in [0.2, 0.25) is 0 Å². The summed E-state index contributed by atoms with van der Waals surface area (Å²) in [6.45, 7) is 5.73. The van der Waals surface area contributed by atoms with Gasteiger partial charge in [0, 0.05) is 31.7 Å². The van der Waals surface area contributed by atoms with Gasteiger partial charge in [0.1, 0.15) is 18.0 Å². The lowest BCUT2D eigenvalue weighted by atomic mass is 10.00. The lowest BCUT2D eigenvalue weighted by Gasteiger charge is -2.36. The molecule has 0 amide bonds. The summed E-state index contributed by atoms with van der Waals surface area (Å²) in [6.07, 6.45) is 12.2. The minimum Gasteiger partial charge on any atom is -0.356 e. The van der Waals surface area contributed by atoms with E-state index in [-0.39, 0.29) is 0 Å². The van der Waals surface area contributed by atoms with Gasteiger partial charge in [-0.2, -0.15) is 0 Å². The van der Waals surface area contributed by atoms with Crippen molar-refractivity contribution >= 4 is 11.6 Å². The maximum atomic E-state index is 4.57. The third kappa shape index (κ3) is 3.47. The minimum absolute atomic E-state index is 0.658. The van der Waals surface area contributed by atoms with Crippen LogP contribution in [0.4, 0.5) is 11.6 Å². The van der Waals surface area contributed by atoms with Crippen LogP contribution in [0.1, 0.15) is 58.3 Å². The summed E-state index contributed by atoms with van der Waals surface area (Å²) in [7, 11) is 0. The van der Waals surface area contributed by atoms with E-state index in [9.17, 15) is 0 Å². The van der Waals surface area contributed by atoms with Gasteiger partial charge in [-0.05, 0) is 38.5 Å². The normalized spacial score (nSPS) is 24.0. The van der Waals surface area contributed by atoms with Gasteiger partial charge in [-0.1, -0.05) is 19.8 Å². The van der Waals surface area contributed by atoms with Crippen LogP contribution >= 0.6 is 0 Å². The topological polar surface area (TPSA) is 32.3 Å². The number of hydrogen-bond donors (Lipinski definition) is 0. The Balaban J connectivity index is 1.78. The first-order valence-electron chi connectivity index (χ1n) is 8.72. The maximum absolute atomic E-state index is 4.57. The first kappa shape index (κ1) is 14.6. The van der Waals surface area contributed by atoms with Gasteiger partial charge in [0.15, 0.2) is 0 Å². The Hall–Kier alpha value is -1.32. The highest BCUT2D eigenvalue weighted by Gasteiger charge is 2.23. The highest BCUT2D eigenvalue weighted by molar-refractivity contribution is 5.51. The molecule has 0 saturated carbocycles. The van der Waals surface area contributed by atoms with E-state index in [1.807, 2.05) is 0 Å². The molecule has 116 valence electrons. The Morgan fingerprint density at radius 1 is 0.952 bits per heavy atom. The molecule has 4 nitrogen and oxygen atoms in total. The smallest absolute Gasteiger partial charge is 0.134 e. The van der Waals surface area contributed by atoms with Crippen molar-refractivity contribution < 1.29 is 0 Å². The third-order valence-corrected chi connectivity index (χ3v) is 4.96. The fourth-order valence-electron chi connectivity index (χ4n) is 3.69. The van der Waals surface area contributed by atoms with Crippen molar-refractivity contribution in [1.29, 1.82) is 0 Å². The molecule has 3 heterocycles. The molecule has 2 aliphatic rings. The van der Waals surface area contributed by atoms with E-state index in [0.29, 0.717) is 6.04 Å². The molecule has 0 N–H and O–H groups in total. The Morgan fingerprint density at radius 3 is 2.43 bits per heavy atom. The van der Waals surface area contributed by atoms with Crippen LogP contribution in [0.25, 0.3) is 0 Å². The number of rotatable bonds is 3. The highest BCUT2D eigenvalue weighted by atomic mass is 15.2. The Bertz CT molecular complexity index is 440. The first-order chi connectivity index (χ1) is 10.4. The Labute approximate surface area is 128 Å². The Morgan fingerprint density at radius 2 is 1.67 bits per heavy atom. The number of anilines is 2. The highest BCUT2D eigenvalue weighted by Crippen LogP contribution is 2.27. The summed E-state index contributed by atoms with van der Waals surface area (Å²) in [4.78, 5) is 14.1. The quantitative estimate of drug-likeness (QED) is 0.850. The van der Waals surface area contributed by atoms with E-state index < -0.39 is 0 Å². The van der Waals surface area contributed by atoms with E-state index in [2.05, 4.69) is 32.8 Å². The zero-order chi connectivity index (χ0) is 14.5.